The number of hydrogen-bond acceptors (Lipinski definition) is 6. The molecule has 2 rings (SSSR count). The molecule has 2 aliphatic heterocycles. The Labute approximate surface area is 136 Å². The smallest absolute Gasteiger partial charge is 0.309 e. The number of carbonyl (C=O) groups is 2. The van der Waals surface area contributed by atoms with Gasteiger partial charge < -0.3 is 14.4 Å². The van der Waals surface area contributed by atoms with Gasteiger partial charge in [-0.2, -0.15) is 0 Å². The van der Waals surface area contributed by atoms with Crippen LogP contribution in [-0.2, 0) is 29.1 Å². The molecule has 8 nitrogen and oxygen atoms in total. The standard InChI is InChI=1S/C14H24N2O6S/c1-11-9-15(7-8-21-11)13(17)10-22-14(18)12-3-5-16(6-4-12)23(2,19)20/h11-12H,3-10H2,1-2H3. The van der Waals surface area contributed by atoms with Crippen molar-refractivity contribution in [1.29, 1.82) is 0 Å². The molecule has 2 heterocycles. The van der Waals surface area contributed by atoms with E-state index in [0.717, 1.165) is 6.26 Å². The number of nitrogens with zero attached hydrogens (tertiary/aromatic N) is 2. The fraction of sp³-hybridized carbons (Fsp3) is 0.857. The molecule has 23 heavy (non-hydrogen) atoms. The highest BCUT2D eigenvalue weighted by Crippen LogP contribution is 2.20. The zero-order valence-electron chi connectivity index (χ0n) is 13.6. The third kappa shape index (κ3) is 5.15. The van der Waals surface area contributed by atoms with Crippen molar-refractivity contribution in [2.45, 2.75) is 25.9 Å². The number of morpholine rings is 1. The Morgan fingerprint density at radius 1 is 1.22 bits per heavy atom. The van der Waals surface area contributed by atoms with Crippen LogP contribution in [0.2, 0.25) is 0 Å². The fourth-order valence-corrected chi connectivity index (χ4v) is 3.68. The van der Waals surface area contributed by atoms with Gasteiger partial charge in [-0.25, -0.2) is 12.7 Å². The second kappa shape index (κ2) is 7.59. The van der Waals surface area contributed by atoms with Gasteiger partial charge in [-0.1, -0.05) is 0 Å². The molecule has 1 unspecified atom stereocenters. The molecule has 0 N–H and O–H groups in total. The van der Waals surface area contributed by atoms with Gasteiger partial charge >= 0.3 is 5.97 Å². The minimum atomic E-state index is -3.21. The number of carbonyl (C=O) groups excluding carboxylic acids is 2. The van der Waals surface area contributed by atoms with Crippen molar-refractivity contribution in [2.24, 2.45) is 5.92 Å². The van der Waals surface area contributed by atoms with E-state index in [1.54, 1.807) is 4.90 Å². The molecule has 0 spiro atoms. The van der Waals surface area contributed by atoms with E-state index in [2.05, 4.69) is 0 Å². The Morgan fingerprint density at radius 3 is 2.43 bits per heavy atom. The van der Waals surface area contributed by atoms with Gasteiger partial charge in [-0.3, -0.25) is 9.59 Å². The Morgan fingerprint density at radius 2 is 1.87 bits per heavy atom. The van der Waals surface area contributed by atoms with Gasteiger partial charge in [0.15, 0.2) is 6.61 Å². The lowest BCUT2D eigenvalue weighted by molar-refractivity contribution is -0.158. The van der Waals surface area contributed by atoms with Crippen molar-refractivity contribution in [1.82, 2.24) is 9.21 Å². The summed E-state index contributed by atoms with van der Waals surface area (Å²) >= 11 is 0. The zero-order valence-corrected chi connectivity index (χ0v) is 14.4. The average Bonchev–Trinajstić information content (AvgIpc) is 2.51. The first kappa shape index (κ1) is 18.2. The summed E-state index contributed by atoms with van der Waals surface area (Å²) in [6.45, 7) is 3.75. The maximum absolute atomic E-state index is 12.0. The van der Waals surface area contributed by atoms with Crippen LogP contribution in [0.1, 0.15) is 19.8 Å². The van der Waals surface area contributed by atoms with Crippen LogP contribution in [0.3, 0.4) is 0 Å². The largest absolute Gasteiger partial charge is 0.455 e. The SMILES string of the molecule is CC1CN(C(=O)COC(=O)C2CCN(S(C)(=O)=O)CC2)CCO1. The summed E-state index contributed by atoms with van der Waals surface area (Å²) in [5.41, 5.74) is 0. The van der Waals surface area contributed by atoms with Gasteiger partial charge in [0.2, 0.25) is 10.0 Å². The van der Waals surface area contributed by atoms with Crippen LogP contribution in [0.25, 0.3) is 0 Å². The van der Waals surface area contributed by atoms with Gasteiger partial charge in [-0.05, 0) is 19.8 Å². The first-order valence-corrected chi connectivity index (χ1v) is 9.63. The van der Waals surface area contributed by atoms with Gasteiger partial charge in [0.25, 0.3) is 5.91 Å². The molecule has 1 atom stereocenters. The van der Waals surface area contributed by atoms with Crippen molar-refractivity contribution in [3.8, 4) is 0 Å². The lowest BCUT2D eigenvalue weighted by Gasteiger charge is -2.31. The summed E-state index contributed by atoms with van der Waals surface area (Å²) in [5.74, 6) is -0.987. The van der Waals surface area contributed by atoms with E-state index in [0.29, 0.717) is 45.6 Å². The molecule has 1 amide bonds. The molecular weight excluding hydrogens is 324 g/mol. The molecule has 0 aliphatic carbocycles. The molecule has 2 saturated heterocycles. The van der Waals surface area contributed by atoms with Crippen molar-refractivity contribution >= 4 is 21.9 Å². The topological polar surface area (TPSA) is 93.2 Å². The summed E-state index contributed by atoms with van der Waals surface area (Å²) in [6.07, 6.45) is 2.00. The molecule has 132 valence electrons. The third-order valence-corrected chi connectivity index (χ3v) is 5.49. The van der Waals surface area contributed by atoms with Gasteiger partial charge in [0.1, 0.15) is 0 Å². The summed E-state index contributed by atoms with van der Waals surface area (Å²) in [5, 5.41) is 0. The molecule has 9 heteroatoms. The highest BCUT2D eigenvalue weighted by atomic mass is 32.2. The van der Waals surface area contributed by atoms with E-state index in [1.165, 1.54) is 4.31 Å². The quantitative estimate of drug-likeness (QED) is 0.633. The Kier molecular flexibility index (Phi) is 5.99. The van der Waals surface area contributed by atoms with Gasteiger partial charge in [0.05, 0.1) is 24.9 Å². The Balaban J connectivity index is 1.74. The molecule has 0 aromatic rings. The second-order valence-corrected chi connectivity index (χ2v) is 8.05. The summed E-state index contributed by atoms with van der Waals surface area (Å²) < 4.78 is 34.7. The molecule has 0 radical (unpaired) electrons. The van der Waals surface area contributed by atoms with Crippen LogP contribution < -0.4 is 0 Å². The predicted molar refractivity (Wildman–Crippen MR) is 82.1 cm³/mol. The van der Waals surface area contributed by atoms with Gasteiger partial charge in [0, 0.05) is 26.2 Å². The van der Waals surface area contributed by atoms with Gasteiger partial charge in [-0.15, -0.1) is 0 Å². The molecule has 2 fully saturated rings. The fourth-order valence-electron chi connectivity index (χ4n) is 2.81. The van der Waals surface area contributed by atoms with E-state index < -0.39 is 16.0 Å². The maximum Gasteiger partial charge on any atom is 0.309 e. The molecule has 2 aliphatic rings. The van der Waals surface area contributed by atoms with E-state index in [9.17, 15) is 18.0 Å². The normalized spacial score (nSPS) is 24.4. The zero-order chi connectivity index (χ0) is 17.0. The Bertz CT molecular complexity index is 541. The first-order chi connectivity index (χ1) is 10.8. The maximum atomic E-state index is 12.0. The van der Waals surface area contributed by atoms with Crippen molar-refractivity contribution < 1.29 is 27.5 Å². The summed E-state index contributed by atoms with van der Waals surface area (Å²) in [4.78, 5) is 25.7. The van der Waals surface area contributed by atoms with E-state index in [-0.39, 0.29) is 24.5 Å². The van der Waals surface area contributed by atoms with Crippen LogP contribution in [0.4, 0.5) is 0 Å². The highest BCUT2D eigenvalue weighted by molar-refractivity contribution is 7.88. The van der Waals surface area contributed by atoms with E-state index in [1.807, 2.05) is 6.92 Å². The van der Waals surface area contributed by atoms with Crippen molar-refractivity contribution in [2.75, 3.05) is 45.6 Å². The summed E-state index contributed by atoms with van der Waals surface area (Å²) in [7, 11) is -3.21. The van der Waals surface area contributed by atoms with Crippen LogP contribution >= 0.6 is 0 Å². The Hall–Kier alpha value is -1.19. The number of ether oxygens (including phenoxy) is 2. The number of rotatable bonds is 4. The molecule has 0 bridgehead atoms. The predicted octanol–water partition coefficient (Wildman–Crippen LogP) is -0.551. The van der Waals surface area contributed by atoms with Crippen molar-refractivity contribution in [3.05, 3.63) is 0 Å². The lowest BCUT2D eigenvalue weighted by atomic mass is 9.98. The first-order valence-electron chi connectivity index (χ1n) is 7.78. The minimum Gasteiger partial charge on any atom is -0.455 e. The third-order valence-electron chi connectivity index (χ3n) is 4.19. The lowest BCUT2D eigenvalue weighted by Crippen LogP contribution is -2.46. The van der Waals surface area contributed by atoms with Crippen LogP contribution in [0, 0.1) is 5.92 Å². The van der Waals surface area contributed by atoms with Crippen LogP contribution in [0.5, 0.6) is 0 Å². The summed E-state index contributed by atoms with van der Waals surface area (Å²) in [6, 6.07) is 0. The number of piperidine rings is 1. The number of sulfonamides is 1. The van der Waals surface area contributed by atoms with E-state index in [4.69, 9.17) is 9.47 Å². The molecular formula is C14H24N2O6S. The van der Waals surface area contributed by atoms with Crippen LogP contribution in [-0.4, -0.2) is 81.3 Å². The van der Waals surface area contributed by atoms with Crippen LogP contribution in [0.15, 0.2) is 0 Å². The minimum absolute atomic E-state index is 0.0104. The second-order valence-electron chi connectivity index (χ2n) is 6.07. The number of esters is 1. The molecule has 0 aromatic heterocycles. The molecule has 0 saturated carbocycles. The highest BCUT2D eigenvalue weighted by Gasteiger charge is 2.30. The number of hydrogen-bond donors (Lipinski definition) is 0. The average molecular weight is 348 g/mol. The molecule has 0 aromatic carbocycles. The monoisotopic (exact) mass is 348 g/mol. The van der Waals surface area contributed by atoms with Crippen molar-refractivity contribution in [3.63, 3.8) is 0 Å². The number of amides is 1. The van der Waals surface area contributed by atoms with E-state index >= 15 is 0 Å².